The third-order valence-electron chi connectivity index (χ3n) is 5.14. The first-order valence-electron chi connectivity index (χ1n) is 11.6. The Morgan fingerprint density at radius 2 is 1.31 bits per heavy atom. The van der Waals surface area contributed by atoms with E-state index in [1.807, 2.05) is 0 Å². The molecule has 29 heavy (non-hydrogen) atoms. The molecule has 0 saturated carbocycles. The van der Waals surface area contributed by atoms with E-state index in [1.54, 1.807) is 24.3 Å². The van der Waals surface area contributed by atoms with E-state index in [2.05, 4.69) is 20.8 Å². The predicted molar refractivity (Wildman–Crippen MR) is 118 cm³/mol. The third-order valence-corrected chi connectivity index (χ3v) is 5.14. The quantitative estimate of drug-likeness (QED) is 0.165. The number of unbranched alkanes of at least 4 members (excludes halogenated alkanes) is 7. The lowest BCUT2D eigenvalue weighted by molar-refractivity contribution is -0.140. The number of benzene rings is 1. The Morgan fingerprint density at radius 1 is 0.724 bits per heavy atom. The molecule has 1 aromatic carbocycles. The van der Waals surface area contributed by atoms with Crippen molar-refractivity contribution in [1.82, 2.24) is 0 Å². The fraction of sp³-hybridized carbons (Fsp3) is 0.680. The molecule has 0 bridgehead atoms. The Morgan fingerprint density at radius 3 is 1.97 bits per heavy atom. The molecule has 0 aromatic heterocycles. The van der Waals surface area contributed by atoms with E-state index in [1.165, 1.54) is 19.3 Å². The summed E-state index contributed by atoms with van der Waals surface area (Å²) in [6, 6.07) is 6.96. The number of rotatable bonds is 16. The zero-order valence-electron chi connectivity index (χ0n) is 18.7. The molecule has 0 saturated heterocycles. The van der Waals surface area contributed by atoms with Gasteiger partial charge in [-0.05, 0) is 31.4 Å². The molecule has 0 aliphatic rings. The van der Waals surface area contributed by atoms with E-state index in [0.717, 1.165) is 57.8 Å². The van der Waals surface area contributed by atoms with Gasteiger partial charge in [0.1, 0.15) is 0 Å². The van der Waals surface area contributed by atoms with Crippen molar-refractivity contribution in [2.24, 2.45) is 5.92 Å². The molecule has 0 fully saturated rings. The van der Waals surface area contributed by atoms with Gasteiger partial charge in [0.2, 0.25) is 0 Å². The predicted octanol–water partition coefficient (Wildman–Crippen LogP) is 7.24. The van der Waals surface area contributed by atoms with Gasteiger partial charge in [0.05, 0.1) is 5.92 Å². The van der Waals surface area contributed by atoms with Crippen LogP contribution in [0, 0.1) is 5.92 Å². The largest absolute Gasteiger partial charge is 0.423 e. The summed E-state index contributed by atoms with van der Waals surface area (Å²) in [4.78, 5) is 24.9. The van der Waals surface area contributed by atoms with Gasteiger partial charge >= 0.3 is 11.9 Å². The van der Waals surface area contributed by atoms with Gasteiger partial charge in [0.25, 0.3) is 0 Å². The second kappa shape index (κ2) is 16.0. The van der Waals surface area contributed by atoms with Crippen LogP contribution in [0.4, 0.5) is 0 Å². The first-order chi connectivity index (χ1) is 14.1. The number of para-hydroxylation sites is 2. The maximum absolute atomic E-state index is 12.7. The molecule has 0 radical (unpaired) electrons. The van der Waals surface area contributed by atoms with E-state index >= 15 is 0 Å². The van der Waals surface area contributed by atoms with Gasteiger partial charge in [-0.15, -0.1) is 0 Å². The minimum atomic E-state index is -0.267. The van der Waals surface area contributed by atoms with Crippen molar-refractivity contribution >= 4 is 11.9 Å². The van der Waals surface area contributed by atoms with Gasteiger partial charge in [0.15, 0.2) is 11.5 Å². The zero-order valence-corrected chi connectivity index (χ0v) is 18.7. The minimum absolute atomic E-state index is 0.0987. The van der Waals surface area contributed by atoms with Crippen molar-refractivity contribution in [3.05, 3.63) is 24.3 Å². The third kappa shape index (κ3) is 11.1. The van der Waals surface area contributed by atoms with Crippen molar-refractivity contribution < 1.29 is 19.1 Å². The summed E-state index contributed by atoms with van der Waals surface area (Å²) in [5, 5.41) is 0. The molecular weight excluding hydrogens is 364 g/mol. The van der Waals surface area contributed by atoms with Crippen LogP contribution in [0.25, 0.3) is 0 Å². The number of carbonyl (C=O) groups excluding carboxylic acids is 2. The first-order valence-corrected chi connectivity index (χ1v) is 11.6. The fourth-order valence-electron chi connectivity index (χ4n) is 3.40. The summed E-state index contributed by atoms with van der Waals surface area (Å²) in [6.07, 6.45) is 13.0. The molecule has 1 aromatic rings. The van der Waals surface area contributed by atoms with Crippen molar-refractivity contribution in [2.75, 3.05) is 0 Å². The van der Waals surface area contributed by atoms with Crippen LogP contribution in [0.15, 0.2) is 24.3 Å². The molecule has 0 aliphatic heterocycles. The zero-order chi connectivity index (χ0) is 21.3. The second-order valence-electron chi connectivity index (χ2n) is 7.84. The Labute approximate surface area is 177 Å². The van der Waals surface area contributed by atoms with E-state index in [4.69, 9.17) is 9.47 Å². The minimum Gasteiger partial charge on any atom is -0.423 e. The number of hydrogen-bond acceptors (Lipinski definition) is 4. The Kier molecular flexibility index (Phi) is 13.9. The summed E-state index contributed by atoms with van der Waals surface area (Å²) in [5.74, 6) is 0.0869. The molecule has 0 amide bonds. The van der Waals surface area contributed by atoms with E-state index in [-0.39, 0.29) is 17.9 Å². The van der Waals surface area contributed by atoms with Crippen LogP contribution >= 0.6 is 0 Å². The van der Waals surface area contributed by atoms with E-state index < -0.39 is 0 Å². The Hall–Kier alpha value is -1.84. The maximum atomic E-state index is 12.7. The smallest absolute Gasteiger partial charge is 0.314 e. The number of carbonyl (C=O) groups is 2. The topological polar surface area (TPSA) is 52.6 Å². The van der Waals surface area contributed by atoms with Crippen molar-refractivity contribution in [3.8, 4) is 11.5 Å². The van der Waals surface area contributed by atoms with Crippen molar-refractivity contribution in [3.63, 3.8) is 0 Å². The molecule has 0 N–H and O–H groups in total. The Balaban J connectivity index is 2.56. The van der Waals surface area contributed by atoms with Gasteiger partial charge in [-0.3, -0.25) is 9.59 Å². The normalized spacial score (nSPS) is 11.8. The van der Waals surface area contributed by atoms with Gasteiger partial charge in [0, 0.05) is 6.42 Å². The molecule has 0 aliphatic carbocycles. The standard InChI is InChI=1S/C25H40O4/c1-4-7-9-10-11-13-20-24(26)28-22-18-14-15-19-23(22)29-25(27)21(16-6-3)17-12-8-5-2/h14-15,18-19,21H,4-13,16-17,20H2,1-3H3. The highest BCUT2D eigenvalue weighted by molar-refractivity contribution is 5.77. The summed E-state index contributed by atoms with van der Waals surface area (Å²) >= 11 is 0. The average molecular weight is 405 g/mol. The van der Waals surface area contributed by atoms with E-state index in [0.29, 0.717) is 17.9 Å². The maximum Gasteiger partial charge on any atom is 0.314 e. The molecular formula is C25H40O4. The lowest BCUT2D eigenvalue weighted by Gasteiger charge is -2.16. The van der Waals surface area contributed by atoms with Crippen LogP contribution < -0.4 is 9.47 Å². The monoisotopic (exact) mass is 404 g/mol. The summed E-state index contributed by atoms with van der Waals surface area (Å²) in [5.41, 5.74) is 0. The molecule has 1 rings (SSSR count). The number of ether oxygens (including phenoxy) is 2. The summed E-state index contributed by atoms with van der Waals surface area (Å²) in [7, 11) is 0. The molecule has 0 heterocycles. The van der Waals surface area contributed by atoms with Crippen LogP contribution in [-0.4, -0.2) is 11.9 Å². The first kappa shape index (κ1) is 25.2. The number of hydrogen-bond donors (Lipinski definition) is 0. The van der Waals surface area contributed by atoms with Gasteiger partial charge < -0.3 is 9.47 Å². The lowest BCUT2D eigenvalue weighted by atomic mass is 9.97. The SMILES string of the molecule is CCCCCCCCC(=O)Oc1ccccc1OC(=O)C(CCC)CCCCC. The second-order valence-corrected chi connectivity index (χ2v) is 7.84. The lowest BCUT2D eigenvalue weighted by Crippen LogP contribution is -2.21. The molecule has 164 valence electrons. The molecule has 4 nitrogen and oxygen atoms in total. The van der Waals surface area contributed by atoms with Crippen molar-refractivity contribution in [2.45, 2.75) is 104 Å². The average Bonchev–Trinajstić information content (AvgIpc) is 2.71. The summed E-state index contributed by atoms with van der Waals surface area (Å²) < 4.78 is 11.1. The van der Waals surface area contributed by atoms with Crippen LogP contribution in [0.3, 0.4) is 0 Å². The van der Waals surface area contributed by atoms with Crippen LogP contribution in [0.1, 0.15) is 104 Å². The van der Waals surface area contributed by atoms with E-state index in [9.17, 15) is 9.59 Å². The highest BCUT2D eigenvalue weighted by Gasteiger charge is 2.21. The Bertz CT molecular complexity index is 582. The van der Waals surface area contributed by atoms with Crippen LogP contribution in [-0.2, 0) is 9.59 Å². The van der Waals surface area contributed by atoms with Crippen molar-refractivity contribution in [1.29, 1.82) is 0 Å². The summed E-state index contributed by atoms with van der Waals surface area (Å²) in [6.45, 7) is 6.43. The fourth-order valence-corrected chi connectivity index (χ4v) is 3.40. The highest BCUT2D eigenvalue weighted by Crippen LogP contribution is 2.29. The number of esters is 2. The van der Waals surface area contributed by atoms with Gasteiger partial charge in [-0.1, -0.05) is 90.7 Å². The molecule has 0 spiro atoms. The highest BCUT2D eigenvalue weighted by atomic mass is 16.6. The molecule has 1 unspecified atom stereocenters. The van der Waals surface area contributed by atoms with Gasteiger partial charge in [-0.2, -0.15) is 0 Å². The molecule has 1 atom stereocenters. The van der Waals surface area contributed by atoms with Crippen LogP contribution in [0.5, 0.6) is 11.5 Å². The molecule has 4 heteroatoms. The van der Waals surface area contributed by atoms with Crippen LogP contribution in [0.2, 0.25) is 0 Å². The van der Waals surface area contributed by atoms with Gasteiger partial charge in [-0.25, -0.2) is 0 Å².